The number of carbonyl (C=O) groups excluding carboxylic acids is 1. The standard InChI is InChI=1S/C20H22F2N4O/c21-14-2-3-15(18(22)10-14)16-11-17(16)19(27)26-8-4-13(5-9-26)12-25-20-23-6-1-7-24-20/h1-3,6-7,10,13,16-17H,4-5,8-9,11-12H2,(H,23,24,25). The number of hydrogen-bond acceptors (Lipinski definition) is 4. The first kappa shape index (κ1) is 17.8. The molecular weight excluding hydrogens is 350 g/mol. The summed E-state index contributed by atoms with van der Waals surface area (Å²) >= 11 is 0. The van der Waals surface area contributed by atoms with E-state index >= 15 is 0 Å². The molecule has 1 saturated carbocycles. The van der Waals surface area contributed by atoms with Gasteiger partial charge in [-0.3, -0.25) is 4.79 Å². The number of aromatic nitrogens is 2. The van der Waals surface area contributed by atoms with Crippen molar-refractivity contribution in [2.45, 2.75) is 25.2 Å². The minimum absolute atomic E-state index is 0.0986. The van der Waals surface area contributed by atoms with Gasteiger partial charge in [-0.1, -0.05) is 6.07 Å². The van der Waals surface area contributed by atoms with E-state index in [0.717, 1.165) is 38.5 Å². The van der Waals surface area contributed by atoms with Gasteiger partial charge in [-0.05, 0) is 48.8 Å². The Hall–Kier alpha value is -2.57. The average Bonchev–Trinajstić information content (AvgIpc) is 3.47. The predicted molar refractivity (Wildman–Crippen MR) is 97.0 cm³/mol. The molecule has 2 unspecified atom stereocenters. The molecule has 0 radical (unpaired) electrons. The molecule has 27 heavy (non-hydrogen) atoms. The van der Waals surface area contributed by atoms with Gasteiger partial charge in [0.2, 0.25) is 11.9 Å². The third-order valence-electron chi connectivity index (χ3n) is 5.51. The number of rotatable bonds is 5. The molecule has 1 aromatic carbocycles. The van der Waals surface area contributed by atoms with E-state index in [1.807, 2.05) is 4.90 Å². The monoisotopic (exact) mass is 372 g/mol. The van der Waals surface area contributed by atoms with E-state index in [4.69, 9.17) is 0 Å². The Morgan fingerprint density at radius 1 is 1.19 bits per heavy atom. The summed E-state index contributed by atoms with van der Waals surface area (Å²) in [6, 6.07) is 5.39. The molecule has 2 fully saturated rings. The Labute approximate surface area is 156 Å². The van der Waals surface area contributed by atoms with Crippen LogP contribution in [0, 0.1) is 23.5 Å². The maximum Gasteiger partial charge on any atom is 0.226 e. The van der Waals surface area contributed by atoms with Crippen LogP contribution in [-0.2, 0) is 4.79 Å². The molecule has 142 valence electrons. The van der Waals surface area contributed by atoms with Crippen molar-refractivity contribution in [2.75, 3.05) is 25.0 Å². The van der Waals surface area contributed by atoms with Crippen LogP contribution < -0.4 is 5.32 Å². The smallest absolute Gasteiger partial charge is 0.226 e. The maximum absolute atomic E-state index is 13.9. The first-order valence-electron chi connectivity index (χ1n) is 9.36. The molecular formula is C20H22F2N4O. The van der Waals surface area contributed by atoms with E-state index in [9.17, 15) is 13.6 Å². The molecule has 1 aliphatic heterocycles. The first-order valence-corrected chi connectivity index (χ1v) is 9.36. The minimum atomic E-state index is -0.587. The lowest BCUT2D eigenvalue weighted by Crippen LogP contribution is -2.40. The fraction of sp³-hybridized carbons (Fsp3) is 0.450. The molecule has 2 heterocycles. The second kappa shape index (κ2) is 7.58. The van der Waals surface area contributed by atoms with Gasteiger partial charge in [0, 0.05) is 44.0 Å². The fourth-order valence-electron chi connectivity index (χ4n) is 3.83. The zero-order valence-corrected chi connectivity index (χ0v) is 14.9. The zero-order chi connectivity index (χ0) is 18.8. The molecule has 1 aliphatic carbocycles. The number of nitrogens with one attached hydrogen (secondary N) is 1. The summed E-state index contributed by atoms with van der Waals surface area (Å²) in [7, 11) is 0. The molecule has 1 aromatic heterocycles. The summed E-state index contributed by atoms with van der Waals surface area (Å²) in [6.07, 6.45) is 5.90. The first-order chi connectivity index (χ1) is 13.1. The molecule has 0 spiro atoms. The number of likely N-dealkylation sites (tertiary alicyclic amines) is 1. The molecule has 1 saturated heterocycles. The highest BCUT2D eigenvalue weighted by Crippen LogP contribution is 2.49. The summed E-state index contributed by atoms with van der Waals surface area (Å²) in [6.45, 7) is 2.23. The summed E-state index contributed by atoms with van der Waals surface area (Å²) < 4.78 is 27.0. The van der Waals surface area contributed by atoms with Crippen LogP contribution in [0.1, 0.15) is 30.7 Å². The highest BCUT2D eigenvalue weighted by Gasteiger charge is 2.47. The van der Waals surface area contributed by atoms with Gasteiger partial charge in [0.25, 0.3) is 0 Å². The number of hydrogen-bond donors (Lipinski definition) is 1. The van der Waals surface area contributed by atoms with Gasteiger partial charge in [-0.25, -0.2) is 18.7 Å². The Morgan fingerprint density at radius 2 is 1.93 bits per heavy atom. The maximum atomic E-state index is 13.9. The Morgan fingerprint density at radius 3 is 2.63 bits per heavy atom. The van der Waals surface area contributed by atoms with Gasteiger partial charge in [0.05, 0.1) is 0 Å². The summed E-state index contributed by atoms with van der Waals surface area (Å²) in [5.74, 6) is -0.230. The molecule has 7 heteroatoms. The van der Waals surface area contributed by atoms with Crippen LogP contribution in [0.4, 0.5) is 14.7 Å². The molecule has 2 aliphatic rings. The lowest BCUT2D eigenvalue weighted by molar-refractivity contribution is -0.134. The number of nitrogens with zero attached hydrogens (tertiary/aromatic N) is 3. The topological polar surface area (TPSA) is 58.1 Å². The van der Waals surface area contributed by atoms with Crippen molar-refractivity contribution in [1.29, 1.82) is 0 Å². The van der Waals surface area contributed by atoms with Crippen molar-refractivity contribution >= 4 is 11.9 Å². The lowest BCUT2D eigenvalue weighted by atomic mass is 9.96. The van der Waals surface area contributed by atoms with Crippen molar-refractivity contribution in [2.24, 2.45) is 11.8 Å². The molecule has 0 bridgehead atoms. The largest absolute Gasteiger partial charge is 0.354 e. The van der Waals surface area contributed by atoms with E-state index < -0.39 is 11.6 Å². The Balaban J connectivity index is 1.26. The second-order valence-electron chi connectivity index (χ2n) is 7.34. The average molecular weight is 372 g/mol. The highest BCUT2D eigenvalue weighted by molar-refractivity contribution is 5.83. The van der Waals surface area contributed by atoms with Gasteiger partial charge in [0.15, 0.2) is 0 Å². The van der Waals surface area contributed by atoms with Crippen LogP contribution in [0.2, 0.25) is 0 Å². The van der Waals surface area contributed by atoms with Gasteiger partial charge in [-0.2, -0.15) is 0 Å². The van der Waals surface area contributed by atoms with Crippen LogP contribution >= 0.6 is 0 Å². The van der Waals surface area contributed by atoms with Crippen LogP contribution in [-0.4, -0.2) is 40.4 Å². The second-order valence-corrected chi connectivity index (χ2v) is 7.34. The van der Waals surface area contributed by atoms with Crippen LogP contribution in [0.25, 0.3) is 0 Å². The van der Waals surface area contributed by atoms with Crippen LogP contribution in [0.15, 0.2) is 36.7 Å². The normalized spacial score (nSPS) is 22.5. The van der Waals surface area contributed by atoms with Gasteiger partial charge in [-0.15, -0.1) is 0 Å². The minimum Gasteiger partial charge on any atom is -0.354 e. The predicted octanol–water partition coefficient (Wildman–Crippen LogP) is 3.21. The molecule has 2 aromatic rings. The summed E-state index contributed by atoms with van der Waals surface area (Å²) in [5, 5.41) is 3.23. The van der Waals surface area contributed by atoms with Crippen molar-refractivity contribution in [3.63, 3.8) is 0 Å². The molecule has 1 amide bonds. The number of anilines is 1. The lowest BCUT2D eigenvalue weighted by Gasteiger charge is -2.32. The van der Waals surface area contributed by atoms with E-state index in [1.165, 1.54) is 12.1 Å². The SMILES string of the molecule is O=C(C1CC1c1ccc(F)cc1F)N1CCC(CNc2ncccn2)CC1. The third kappa shape index (κ3) is 4.07. The summed E-state index contributed by atoms with van der Waals surface area (Å²) in [5.41, 5.74) is 0.455. The molecule has 2 atom stereocenters. The van der Waals surface area contributed by atoms with Gasteiger partial charge in [0.1, 0.15) is 11.6 Å². The molecule has 4 rings (SSSR count). The van der Waals surface area contributed by atoms with E-state index in [2.05, 4.69) is 15.3 Å². The van der Waals surface area contributed by atoms with Crippen LogP contribution in [0.5, 0.6) is 0 Å². The van der Waals surface area contributed by atoms with Crippen molar-refractivity contribution in [1.82, 2.24) is 14.9 Å². The Bertz CT molecular complexity index is 809. The number of halogens is 2. The Kier molecular flexibility index (Phi) is 5.01. The number of piperidine rings is 1. The number of amides is 1. The number of benzene rings is 1. The highest BCUT2D eigenvalue weighted by atomic mass is 19.1. The van der Waals surface area contributed by atoms with Gasteiger partial charge < -0.3 is 10.2 Å². The third-order valence-corrected chi connectivity index (χ3v) is 5.51. The van der Waals surface area contributed by atoms with Crippen molar-refractivity contribution in [3.05, 3.63) is 53.9 Å². The van der Waals surface area contributed by atoms with Crippen molar-refractivity contribution in [3.8, 4) is 0 Å². The number of carbonyl (C=O) groups is 1. The van der Waals surface area contributed by atoms with E-state index in [0.29, 0.717) is 23.9 Å². The zero-order valence-electron chi connectivity index (χ0n) is 14.9. The quantitative estimate of drug-likeness (QED) is 0.876. The van der Waals surface area contributed by atoms with Crippen LogP contribution in [0.3, 0.4) is 0 Å². The van der Waals surface area contributed by atoms with Crippen molar-refractivity contribution < 1.29 is 13.6 Å². The summed E-state index contributed by atoms with van der Waals surface area (Å²) in [4.78, 5) is 22.9. The molecule has 5 nitrogen and oxygen atoms in total. The van der Waals surface area contributed by atoms with Gasteiger partial charge >= 0.3 is 0 Å². The fourth-order valence-corrected chi connectivity index (χ4v) is 3.83. The van der Waals surface area contributed by atoms with E-state index in [1.54, 1.807) is 18.5 Å². The van der Waals surface area contributed by atoms with E-state index in [-0.39, 0.29) is 17.7 Å². The molecule has 1 N–H and O–H groups in total.